The van der Waals surface area contributed by atoms with E-state index in [9.17, 15) is 18.0 Å². The molecule has 1 heterocycles. The average molecular weight is 473 g/mol. The van der Waals surface area contributed by atoms with Crippen LogP contribution >= 0.6 is 11.6 Å². The molecule has 1 aromatic heterocycles. The van der Waals surface area contributed by atoms with Crippen molar-refractivity contribution in [3.63, 3.8) is 0 Å². The Kier molecular flexibility index (Phi) is 7.21. The quantitative estimate of drug-likeness (QED) is 0.569. The van der Waals surface area contributed by atoms with Gasteiger partial charge in [0.15, 0.2) is 0 Å². The Hall–Kier alpha value is -2.90. The van der Waals surface area contributed by atoms with Crippen LogP contribution in [0.15, 0.2) is 69.2 Å². The number of carbonyl (C=O) groups excluding carboxylic acids is 1. The second-order valence-corrected chi connectivity index (χ2v) is 10.1. The van der Waals surface area contributed by atoms with Crippen LogP contribution in [0.25, 0.3) is 0 Å². The smallest absolute Gasteiger partial charge is 0.270 e. The normalized spacial score (nSPS) is 11.4. The molecule has 0 unspecified atom stereocenters. The molecular weight excluding hydrogens is 448 g/mol. The molecule has 0 aliphatic rings. The summed E-state index contributed by atoms with van der Waals surface area (Å²) in [5, 5.41) is 3.42. The molecule has 0 aliphatic carbocycles. The van der Waals surface area contributed by atoms with Crippen LogP contribution in [0.3, 0.4) is 0 Å². The summed E-state index contributed by atoms with van der Waals surface area (Å²) in [6.45, 7) is 5.24. The lowest BCUT2D eigenvalue weighted by atomic mass is 10.1. The first-order valence-corrected chi connectivity index (χ1v) is 12.0. The van der Waals surface area contributed by atoms with Gasteiger partial charge in [-0.25, -0.2) is 8.42 Å². The summed E-state index contributed by atoms with van der Waals surface area (Å²) in [5.74, 6) is -0.369. The minimum absolute atomic E-state index is 0.0473. The Bertz CT molecular complexity index is 1300. The lowest BCUT2D eigenvalue weighted by molar-refractivity contribution is -0.121. The number of nitrogens with zero attached hydrogens (tertiary/aromatic N) is 1. The molecule has 1 N–H and O–H groups in total. The van der Waals surface area contributed by atoms with Crippen molar-refractivity contribution in [1.82, 2.24) is 9.88 Å². The van der Waals surface area contributed by atoms with Crippen LogP contribution in [-0.2, 0) is 27.6 Å². The van der Waals surface area contributed by atoms with Gasteiger partial charge in [0.1, 0.15) is 11.4 Å². The second kappa shape index (κ2) is 9.71. The largest absolute Gasteiger partial charge is 0.354 e. The van der Waals surface area contributed by atoms with E-state index < -0.39 is 15.4 Å². The Labute approximate surface area is 192 Å². The monoisotopic (exact) mass is 472 g/mol. The topological polar surface area (TPSA) is 85.2 Å². The van der Waals surface area contributed by atoms with Crippen molar-refractivity contribution in [3.05, 3.63) is 92.4 Å². The van der Waals surface area contributed by atoms with E-state index in [4.69, 9.17) is 11.6 Å². The standard InChI is InChI=1S/C24H25ClN2O4S/c1-16-4-10-21(11-5-16)32(30,31)23-17(2)14-18(3)27(24(23)29)15-22(28)26-13-12-19-6-8-20(25)9-7-19/h4-11,14H,12-13,15H2,1-3H3,(H,26,28). The van der Waals surface area contributed by atoms with Gasteiger partial charge in [0.25, 0.3) is 5.56 Å². The molecule has 168 valence electrons. The van der Waals surface area contributed by atoms with Crippen LogP contribution in [0.5, 0.6) is 0 Å². The number of sulfone groups is 1. The second-order valence-electron chi connectivity index (χ2n) is 7.73. The van der Waals surface area contributed by atoms with Crippen molar-refractivity contribution in [3.8, 4) is 0 Å². The summed E-state index contributed by atoms with van der Waals surface area (Å²) in [5.41, 5.74) is 2.11. The third-order valence-corrected chi connectivity index (χ3v) is 7.38. The van der Waals surface area contributed by atoms with Crippen LogP contribution < -0.4 is 10.9 Å². The van der Waals surface area contributed by atoms with E-state index >= 15 is 0 Å². The maximum atomic E-state index is 13.2. The van der Waals surface area contributed by atoms with Gasteiger partial charge in [-0.15, -0.1) is 0 Å². The van der Waals surface area contributed by atoms with E-state index in [0.29, 0.717) is 29.2 Å². The van der Waals surface area contributed by atoms with Gasteiger partial charge < -0.3 is 9.88 Å². The van der Waals surface area contributed by atoms with Crippen molar-refractivity contribution in [2.45, 2.75) is 43.5 Å². The van der Waals surface area contributed by atoms with Gasteiger partial charge in [-0.1, -0.05) is 41.4 Å². The Morgan fingerprint density at radius 1 is 1.00 bits per heavy atom. The summed E-state index contributed by atoms with van der Waals surface area (Å²) in [6.07, 6.45) is 0.609. The molecule has 0 bridgehead atoms. The molecule has 2 aromatic carbocycles. The fraction of sp³-hybridized carbons (Fsp3) is 0.250. The molecule has 3 aromatic rings. The molecule has 6 nitrogen and oxygen atoms in total. The van der Waals surface area contributed by atoms with Crippen LogP contribution in [0, 0.1) is 20.8 Å². The zero-order chi connectivity index (χ0) is 23.5. The number of aryl methyl sites for hydroxylation is 3. The molecule has 0 spiro atoms. The fourth-order valence-electron chi connectivity index (χ4n) is 3.46. The Balaban J connectivity index is 1.81. The van der Waals surface area contributed by atoms with Crippen molar-refractivity contribution in [1.29, 1.82) is 0 Å². The van der Waals surface area contributed by atoms with Crippen LogP contribution in [0.2, 0.25) is 5.02 Å². The number of rotatable bonds is 7. The number of halogens is 1. The lowest BCUT2D eigenvalue weighted by Crippen LogP contribution is -2.36. The van der Waals surface area contributed by atoms with Crippen LogP contribution in [0.1, 0.15) is 22.4 Å². The highest BCUT2D eigenvalue weighted by Crippen LogP contribution is 2.22. The predicted octanol–water partition coefficient (Wildman–Crippen LogP) is 3.62. The highest BCUT2D eigenvalue weighted by Gasteiger charge is 2.26. The van der Waals surface area contributed by atoms with E-state index in [-0.39, 0.29) is 22.2 Å². The first-order valence-electron chi connectivity index (χ1n) is 10.1. The maximum Gasteiger partial charge on any atom is 0.270 e. The molecule has 0 radical (unpaired) electrons. The summed E-state index contributed by atoms with van der Waals surface area (Å²) < 4.78 is 27.5. The molecule has 0 saturated heterocycles. The third-order valence-electron chi connectivity index (χ3n) is 5.20. The van der Waals surface area contributed by atoms with Gasteiger partial charge in [0.2, 0.25) is 15.7 Å². The van der Waals surface area contributed by atoms with Gasteiger partial charge in [-0.05, 0) is 68.7 Å². The summed E-state index contributed by atoms with van der Waals surface area (Å²) in [4.78, 5) is 25.4. The number of carbonyl (C=O) groups is 1. The molecule has 0 fully saturated rings. The number of hydrogen-bond acceptors (Lipinski definition) is 4. The average Bonchev–Trinajstić information content (AvgIpc) is 2.72. The Morgan fingerprint density at radius 3 is 2.25 bits per heavy atom. The van der Waals surface area contributed by atoms with Gasteiger partial charge in [-0.3, -0.25) is 9.59 Å². The molecule has 0 saturated carbocycles. The van der Waals surface area contributed by atoms with Gasteiger partial charge in [-0.2, -0.15) is 0 Å². The number of amides is 1. The first-order chi connectivity index (χ1) is 15.1. The molecule has 8 heteroatoms. The SMILES string of the molecule is Cc1ccc(S(=O)(=O)c2c(C)cc(C)n(CC(=O)NCCc3ccc(Cl)cc3)c2=O)cc1. The summed E-state index contributed by atoms with van der Waals surface area (Å²) in [7, 11) is -4.02. The van der Waals surface area contributed by atoms with Crippen molar-refractivity contribution in [2.75, 3.05) is 6.54 Å². The van der Waals surface area contributed by atoms with Gasteiger partial charge in [0, 0.05) is 17.3 Å². The fourth-order valence-corrected chi connectivity index (χ4v) is 5.14. The minimum Gasteiger partial charge on any atom is -0.354 e. The van der Waals surface area contributed by atoms with E-state index in [2.05, 4.69) is 5.32 Å². The van der Waals surface area contributed by atoms with Crippen LogP contribution in [0.4, 0.5) is 0 Å². The third kappa shape index (κ3) is 5.29. The Morgan fingerprint density at radius 2 is 1.62 bits per heavy atom. The number of nitrogens with one attached hydrogen (secondary N) is 1. The van der Waals surface area contributed by atoms with Crippen LogP contribution in [-0.4, -0.2) is 25.4 Å². The lowest BCUT2D eigenvalue weighted by Gasteiger charge is -2.15. The summed E-state index contributed by atoms with van der Waals surface area (Å²) >= 11 is 5.87. The number of hydrogen-bond donors (Lipinski definition) is 1. The molecule has 0 aliphatic heterocycles. The molecular formula is C24H25ClN2O4S. The highest BCUT2D eigenvalue weighted by molar-refractivity contribution is 7.91. The minimum atomic E-state index is -4.02. The molecule has 0 atom stereocenters. The molecule has 32 heavy (non-hydrogen) atoms. The maximum absolute atomic E-state index is 13.2. The number of benzene rings is 2. The molecule has 3 rings (SSSR count). The first kappa shape index (κ1) is 23.8. The van der Waals surface area contributed by atoms with E-state index in [1.165, 1.54) is 16.7 Å². The van der Waals surface area contributed by atoms with E-state index in [0.717, 1.165) is 11.1 Å². The zero-order valence-corrected chi connectivity index (χ0v) is 19.8. The molecule has 1 amide bonds. The predicted molar refractivity (Wildman–Crippen MR) is 125 cm³/mol. The van der Waals surface area contributed by atoms with E-state index in [1.54, 1.807) is 44.2 Å². The van der Waals surface area contributed by atoms with Crippen molar-refractivity contribution >= 4 is 27.3 Å². The van der Waals surface area contributed by atoms with Gasteiger partial charge in [0.05, 0.1) is 4.90 Å². The van der Waals surface area contributed by atoms with E-state index in [1.807, 2.05) is 19.1 Å². The number of aromatic nitrogens is 1. The zero-order valence-electron chi connectivity index (χ0n) is 18.2. The number of pyridine rings is 1. The highest BCUT2D eigenvalue weighted by atomic mass is 35.5. The van der Waals surface area contributed by atoms with Crippen molar-refractivity contribution < 1.29 is 13.2 Å². The van der Waals surface area contributed by atoms with Gasteiger partial charge >= 0.3 is 0 Å². The summed E-state index contributed by atoms with van der Waals surface area (Å²) in [6, 6.07) is 15.3. The van der Waals surface area contributed by atoms with Crippen molar-refractivity contribution in [2.24, 2.45) is 0 Å².